The van der Waals surface area contributed by atoms with Crippen molar-refractivity contribution in [2.45, 2.75) is 25.5 Å². The highest BCUT2D eigenvalue weighted by atomic mass is 32.1. The molecule has 90 valence electrons. The van der Waals surface area contributed by atoms with E-state index in [-0.39, 0.29) is 6.10 Å². The van der Waals surface area contributed by atoms with E-state index < -0.39 is 0 Å². The molecule has 2 aromatic rings. The molecule has 3 heteroatoms. The molecule has 17 heavy (non-hydrogen) atoms. The smallest absolute Gasteiger partial charge is 0.0692 e. The fourth-order valence-electron chi connectivity index (χ4n) is 2.17. The molecule has 1 aromatic carbocycles. The third-order valence-electron chi connectivity index (χ3n) is 3.40. The number of thiophene rings is 1. The van der Waals surface area contributed by atoms with Crippen LogP contribution in [0.5, 0.6) is 0 Å². The Labute approximate surface area is 105 Å². The molecule has 1 aliphatic carbocycles. The van der Waals surface area contributed by atoms with Crippen LogP contribution in [0.2, 0.25) is 0 Å². The molecule has 1 heterocycles. The molecular weight excluding hydrogens is 230 g/mol. The molecule has 0 spiro atoms. The van der Waals surface area contributed by atoms with E-state index in [1.807, 2.05) is 0 Å². The molecule has 1 atom stereocenters. The van der Waals surface area contributed by atoms with Gasteiger partial charge < -0.3 is 10.4 Å². The van der Waals surface area contributed by atoms with Gasteiger partial charge in [0, 0.05) is 17.8 Å². The zero-order chi connectivity index (χ0) is 11.7. The van der Waals surface area contributed by atoms with Gasteiger partial charge in [-0.3, -0.25) is 0 Å². The molecule has 0 bridgehead atoms. The number of aliphatic hydroxyl groups excluding tert-OH is 1. The Morgan fingerprint density at radius 3 is 3.00 bits per heavy atom. The van der Waals surface area contributed by atoms with E-state index in [4.69, 9.17) is 0 Å². The predicted molar refractivity (Wildman–Crippen MR) is 72.3 cm³/mol. The van der Waals surface area contributed by atoms with Crippen LogP contribution in [0.25, 0.3) is 10.1 Å². The molecule has 1 saturated carbocycles. The van der Waals surface area contributed by atoms with Gasteiger partial charge in [0.25, 0.3) is 0 Å². The maximum absolute atomic E-state index is 9.77. The van der Waals surface area contributed by atoms with E-state index in [0.29, 0.717) is 5.92 Å². The second-order valence-electron chi connectivity index (χ2n) is 4.79. The van der Waals surface area contributed by atoms with Crippen LogP contribution in [0.15, 0.2) is 29.6 Å². The van der Waals surface area contributed by atoms with Crippen LogP contribution in [0, 0.1) is 5.92 Å². The van der Waals surface area contributed by atoms with Crippen molar-refractivity contribution < 1.29 is 5.11 Å². The Morgan fingerprint density at radius 1 is 1.35 bits per heavy atom. The minimum atomic E-state index is -0.153. The summed E-state index contributed by atoms with van der Waals surface area (Å²) in [6.07, 6.45) is 2.24. The van der Waals surface area contributed by atoms with Gasteiger partial charge in [-0.15, -0.1) is 11.3 Å². The van der Waals surface area contributed by atoms with Crippen LogP contribution in [-0.2, 0) is 6.54 Å². The molecule has 0 radical (unpaired) electrons. The quantitative estimate of drug-likeness (QED) is 0.851. The molecule has 1 fully saturated rings. The minimum Gasteiger partial charge on any atom is -0.392 e. The molecule has 0 aliphatic heterocycles. The predicted octanol–water partition coefficient (Wildman–Crippen LogP) is 2.76. The van der Waals surface area contributed by atoms with E-state index in [2.05, 4.69) is 35.0 Å². The van der Waals surface area contributed by atoms with Gasteiger partial charge in [0.2, 0.25) is 0 Å². The highest BCUT2D eigenvalue weighted by molar-refractivity contribution is 7.17. The number of rotatable bonds is 5. The highest BCUT2D eigenvalue weighted by Crippen LogP contribution is 2.32. The van der Waals surface area contributed by atoms with Gasteiger partial charge in [-0.1, -0.05) is 18.2 Å². The van der Waals surface area contributed by atoms with Gasteiger partial charge in [0.15, 0.2) is 0 Å². The Morgan fingerprint density at radius 2 is 2.18 bits per heavy atom. The normalized spacial score (nSPS) is 17.5. The zero-order valence-electron chi connectivity index (χ0n) is 9.73. The number of benzene rings is 1. The van der Waals surface area contributed by atoms with Crippen molar-refractivity contribution in [3.8, 4) is 0 Å². The van der Waals surface area contributed by atoms with E-state index in [1.165, 1.54) is 28.5 Å². The highest BCUT2D eigenvalue weighted by Gasteiger charge is 2.29. The van der Waals surface area contributed by atoms with Gasteiger partial charge >= 0.3 is 0 Å². The Kier molecular flexibility index (Phi) is 3.14. The van der Waals surface area contributed by atoms with Crippen LogP contribution in [-0.4, -0.2) is 17.8 Å². The van der Waals surface area contributed by atoms with E-state index in [1.54, 1.807) is 11.3 Å². The molecule has 2 nitrogen and oxygen atoms in total. The Hall–Kier alpha value is -0.900. The summed E-state index contributed by atoms with van der Waals surface area (Å²) in [7, 11) is 0. The van der Waals surface area contributed by atoms with Crippen molar-refractivity contribution in [2.75, 3.05) is 6.54 Å². The van der Waals surface area contributed by atoms with Crippen molar-refractivity contribution in [3.05, 3.63) is 35.2 Å². The van der Waals surface area contributed by atoms with Crippen LogP contribution in [0.4, 0.5) is 0 Å². The van der Waals surface area contributed by atoms with Crippen LogP contribution in [0.1, 0.15) is 18.4 Å². The lowest BCUT2D eigenvalue weighted by Crippen LogP contribution is -2.27. The lowest BCUT2D eigenvalue weighted by atomic mass is 10.1. The maximum Gasteiger partial charge on any atom is 0.0692 e. The summed E-state index contributed by atoms with van der Waals surface area (Å²) in [5.41, 5.74) is 1.34. The van der Waals surface area contributed by atoms with Crippen molar-refractivity contribution in [3.63, 3.8) is 0 Å². The number of nitrogens with one attached hydrogen (secondary N) is 1. The number of hydrogen-bond acceptors (Lipinski definition) is 3. The average Bonchev–Trinajstić information content (AvgIpc) is 3.12. The molecule has 0 saturated heterocycles. The summed E-state index contributed by atoms with van der Waals surface area (Å²) < 4.78 is 1.34. The second-order valence-corrected chi connectivity index (χ2v) is 5.70. The van der Waals surface area contributed by atoms with E-state index in [0.717, 1.165) is 13.1 Å². The first-order valence-corrected chi connectivity index (χ1v) is 7.06. The van der Waals surface area contributed by atoms with Crippen molar-refractivity contribution in [2.24, 2.45) is 5.92 Å². The molecule has 1 aliphatic rings. The summed E-state index contributed by atoms with van der Waals surface area (Å²) in [5.74, 6) is 0.557. The fraction of sp³-hybridized carbons (Fsp3) is 0.429. The fourth-order valence-corrected chi connectivity index (χ4v) is 3.13. The Bertz CT molecular complexity index is 504. The van der Waals surface area contributed by atoms with Gasteiger partial charge in [0.05, 0.1) is 6.10 Å². The maximum atomic E-state index is 9.77. The summed E-state index contributed by atoms with van der Waals surface area (Å²) in [6.45, 7) is 1.57. The topological polar surface area (TPSA) is 32.3 Å². The summed E-state index contributed by atoms with van der Waals surface area (Å²) >= 11 is 1.79. The van der Waals surface area contributed by atoms with Crippen molar-refractivity contribution in [1.29, 1.82) is 0 Å². The SMILES string of the molecule is OC(CNCc1csc2ccccc12)C1CC1. The average molecular weight is 247 g/mol. The van der Waals surface area contributed by atoms with Crippen LogP contribution in [0.3, 0.4) is 0 Å². The van der Waals surface area contributed by atoms with Crippen LogP contribution < -0.4 is 5.32 Å². The monoisotopic (exact) mass is 247 g/mol. The summed E-state index contributed by atoms with van der Waals surface area (Å²) in [5, 5.41) is 16.7. The van der Waals surface area contributed by atoms with Gasteiger partial charge in [-0.2, -0.15) is 0 Å². The number of fused-ring (bicyclic) bond motifs is 1. The van der Waals surface area contributed by atoms with Crippen molar-refractivity contribution in [1.82, 2.24) is 5.32 Å². The Balaban J connectivity index is 1.60. The van der Waals surface area contributed by atoms with Crippen molar-refractivity contribution >= 4 is 21.4 Å². The number of hydrogen-bond donors (Lipinski definition) is 2. The standard InChI is InChI=1S/C14H17NOS/c16-13(10-5-6-10)8-15-7-11-9-17-14-4-2-1-3-12(11)14/h1-4,9-10,13,15-16H,5-8H2. The largest absolute Gasteiger partial charge is 0.392 e. The third kappa shape index (κ3) is 2.51. The first kappa shape index (κ1) is 11.2. The van der Waals surface area contributed by atoms with Gasteiger partial charge in [0.1, 0.15) is 0 Å². The van der Waals surface area contributed by atoms with E-state index >= 15 is 0 Å². The third-order valence-corrected chi connectivity index (χ3v) is 4.41. The lowest BCUT2D eigenvalue weighted by molar-refractivity contribution is 0.148. The molecule has 0 amide bonds. The zero-order valence-corrected chi connectivity index (χ0v) is 10.5. The molecular formula is C14H17NOS. The molecule has 1 unspecified atom stereocenters. The first-order chi connectivity index (χ1) is 8.34. The van der Waals surface area contributed by atoms with Gasteiger partial charge in [-0.05, 0) is 41.2 Å². The van der Waals surface area contributed by atoms with E-state index in [9.17, 15) is 5.11 Å². The molecule has 2 N–H and O–H groups in total. The minimum absolute atomic E-state index is 0.153. The first-order valence-electron chi connectivity index (χ1n) is 6.18. The molecule has 1 aromatic heterocycles. The summed E-state index contributed by atoms with van der Waals surface area (Å²) in [4.78, 5) is 0. The second kappa shape index (κ2) is 4.77. The van der Waals surface area contributed by atoms with Crippen LogP contribution >= 0.6 is 11.3 Å². The number of aliphatic hydroxyl groups is 1. The molecule has 3 rings (SSSR count). The lowest BCUT2D eigenvalue weighted by Gasteiger charge is -2.10. The van der Waals surface area contributed by atoms with Gasteiger partial charge in [-0.25, -0.2) is 0 Å². The summed E-state index contributed by atoms with van der Waals surface area (Å²) in [6, 6.07) is 8.48.